The molecule has 0 unspecified atom stereocenters. The van der Waals surface area contributed by atoms with Crippen molar-refractivity contribution in [1.29, 1.82) is 0 Å². The van der Waals surface area contributed by atoms with Crippen LogP contribution in [0, 0.1) is 0 Å². The smallest absolute Gasteiger partial charge is 0.305 e. The molecule has 7 nitrogen and oxygen atoms in total. The predicted octanol–water partition coefficient (Wildman–Crippen LogP) is 0.779. The first-order valence-electron chi connectivity index (χ1n) is 7.80. The molecule has 0 rings (SSSR count). The van der Waals surface area contributed by atoms with Crippen molar-refractivity contribution in [3.63, 3.8) is 0 Å². The third-order valence-corrected chi connectivity index (χ3v) is 2.70. The summed E-state index contributed by atoms with van der Waals surface area (Å²) in [6.07, 6.45) is 3.21. The molecule has 0 fully saturated rings. The van der Waals surface area contributed by atoms with Crippen molar-refractivity contribution in [3.05, 3.63) is 0 Å². The number of methoxy groups -OCH3 is 1. The highest BCUT2D eigenvalue weighted by atomic mass is 16.6. The van der Waals surface area contributed by atoms with Crippen LogP contribution in [0.5, 0.6) is 0 Å². The van der Waals surface area contributed by atoms with E-state index in [1.807, 2.05) is 0 Å². The van der Waals surface area contributed by atoms with Crippen molar-refractivity contribution in [2.75, 3.05) is 66.6 Å². The number of carbonyl (C=O) groups excluding carboxylic acids is 1. The maximum Gasteiger partial charge on any atom is 0.305 e. The van der Waals surface area contributed by atoms with Crippen molar-refractivity contribution in [2.45, 2.75) is 25.7 Å². The van der Waals surface area contributed by atoms with Crippen LogP contribution in [0.25, 0.3) is 0 Å². The fraction of sp³-hybridized carbons (Fsp3) is 0.933. The van der Waals surface area contributed by atoms with Gasteiger partial charge < -0.3 is 28.8 Å². The van der Waals surface area contributed by atoms with Crippen LogP contribution in [-0.4, -0.2) is 77.6 Å². The van der Waals surface area contributed by atoms with Crippen molar-refractivity contribution in [3.8, 4) is 0 Å². The lowest BCUT2D eigenvalue weighted by atomic mass is 10.2. The molecule has 0 aliphatic heterocycles. The van der Waals surface area contributed by atoms with Gasteiger partial charge in [-0.15, -0.1) is 0 Å². The molecule has 0 atom stereocenters. The summed E-state index contributed by atoms with van der Waals surface area (Å²) in [6.45, 7) is 3.59. The Labute approximate surface area is 132 Å². The van der Waals surface area contributed by atoms with E-state index in [0.717, 1.165) is 25.9 Å². The van der Waals surface area contributed by atoms with E-state index in [1.165, 1.54) is 0 Å². The molecule has 0 spiro atoms. The highest BCUT2D eigenvalue weighted by molar-refractivity contribution is 5.69. The summed E-state index contributed by atoms with van der Waals surface area (Å²) in [5.41, 5.74) is 0. The zero-order valence-corrected chi connectivity index (χ0v) is 13.6. The van der Waals surface area contributed by atoms with E-state index in [4.69, 9.17) is 28.8 Å². The highest BCUT2D eigenvalue weighted by Gasteiger charge is 2.02. The molecule has 0 aliphatic rings. The van der Waals surface area contributed by atoms with Gasteiger partial charge in [0.25, 0.3) is 0 Å². The minimum absolute atomic E-state index is 0.0228. The van der Waals surface area contributed by atoms with Crippen LogP contribution in [0.2, 0.25) is 0 Å². The second kappa shape index (κ2) is 18.3. The summed E-state index contributed by atoms with van der Waals surface area (Å²) in [7, 11) is 1.67. The van der Waals surface area contributed by atoms with Gasteiger partial charge in [-0.25, -0.2) is 0 Å². The number of aliphatic hydroxyl groups excluding tert-OH is 1. The van der Waals surface area contributed by atoms with Crippen LogP contribution in [-0.2, 0) is 28.5 Å². The van der Waals surface area contributed by atoms with Crippen molar-refractivity contribution < 1.29 is 33.6 Å². The van der Waals surface area contributed by atoms with Crippen LogP contribution < -0.4 is 0 Å². The summed E-state index contributed by atoms with van der Waals surface area (Å²) >= 11 is 0. The number of unbranched alkanes of at least 4 members (excludes halogenated alkanes) is 2. The van der Waals surface area contributed by atoms with Crippen LogP contribution in [0.4, 0.5) is 0 Å². The molecule has 132 valence electrons. The first-order chi connectivity index (χ1) is 10.8. The quantitative estimate of drug-likeness (QED) is 0.313. The van der Waals surface area contributed by atoms with Crippen molar-refractivity contribution >= 4 is 5.97 Å². The van der Waals surface area contributed by atoms with Gasteiger partial charge in [0.2, 0.25) is 0 Å². The minimum atomic E-state index is -0.182. The fourth-order valence-corrected chi connectivity index (χ4v) is 1.59. The Hall–Kier alpha value is -0.730. The number of rotatable bonds is 17. The Kier molecular flexibility index (Phi) is 17.7. The average Bonchev–Trinajstić information content (AvgIpc) is 2.52. The predicted molar refractivity (Wildman–Crippen MR) is 80.8 cm³/mol. The number of hydrogen-bond acceptors (Lipinski definition) is 7. The van der Waals surface area contributed by atoms with E-state index < -0.39 is 0 Å². The topological polar surface area (TPSA) is 83.5 Å². The second-order valence-electron chi connectivity index (χ2n) is 4.58. The van der Waals surface area contributed by atoms with Crippen molar-refractivity contribution in [2.24, 2.45) is 0 Å². The third kappa shape index (κ3) is 17.3. The first kappa shape index (κ1) is 21.3. The lowest BCUT2D eigenvalue weighted by Gasteiger charge is -2.07. The summed E-state index contributed by atoms with van der Waals surface area (Å²) < 4.78 is 25.5. The SMILES string of the molecule is COCCCCCC(=O)OCCOCCOCCOCCO. The maximum atomic E-state index is 11.4. The van der Waals surface area contributed by atoms with Gasteiger partial charge in [0.05, 0.1) is 46.2 Å². The third-order valence-electron chi connectivity index (χ3n) is 2.70. The van der Waals surface area contributed by atoms with E-state index in [9.17, 15) is 4.79 Å². The second-order valence-corrected chi connectivity index (χ2v) is 4.58. The summed E-state index contributed by atoms with van der Waals surface area (Å²) in [5.74, 6) is -0.182. The molecule has 0 aromatic rings. The van der Waals surface area contributed by atoms with E-state index in [1.54, 1.807) is 7.11 Å². The molecule has 7 heteroatoms. The number of aliphatic hydroxyl groups is 1. The Morgan fingerprint density at radius 3 is 1.95 bits per heavy atom. The number of carbonyl (C=O) groups is 1. The van der Waals surface area contributed by atoms with Crippen LogP contribution in [0.3, 0.4) is 0 Å². The fourth-order valence-electron chi connectivity index (χ4n) is 1.59. The van der Waals surface area contributed by atoms with Gasteiger partial charge in [-0.2, -0.15) is 0 Å². The molecular formula is C15H30O7. The number of esters is 1. The molecule has 22 heavy (non-hydrogen) atoms. The molecule has 0 saturated carbocycles. The van der Waals surface area contributed by atoms with E-state index in [2.05, 4.69) is 0 Å². The summed E-state index contributed by atoms with van der Waals surface area (Å²) in [6, 6.07) is 0. The first-order valence-corrected chi connectivity index (χ1v) is 7.80. The van der Waals surface area contributed by atoms with Gasteiger partial charge in [-0.1, -0.05) is 6.42 Å². The zero-order valence-electron chi connectivity index (χ0n) is 13.6. The van der Waals surface area contributed by atoms with Crippen molar-refractivity contribution in [1.82, 2.24) is 0 Å². The number of hydrogen-bond donors (Lipinski definition) is 1. The monoisotopic (exact) mass is 322 g/mol. The normalized spacial score (nSPS) is 10.8. The van der Waals surface area contributed by atoms with Crippen LogP contribution in [0.15, 0.2) is 0 Å². The van der Waals surface area contributed by atoms with E-state index in [0.29, 0.717) is 46.1 Å². The van der Waals surface area contributed by atoms with Gasteiger partial charge in [0, 0.05) is 20.1 Å². The average molecular weight is 322 g/mol. The number of ether oxygens (including phenoxy) is 5. The summed E-state index contributed by atoms with van der Waals surface area (Å²) in [5, 5.41) is 8.48. The lowest BCUT2D eigenvalue weighted by Crippen LogP contribution is -2.14. The Morgan fingerprint density at radius 1 is 0.773 bits per heavy atom. The largest absolute Gasteiger partial charge is 0.463 e. The van der Waals surface area contributed by atoms with Crippen LogP contribution in [0.1, 0.15) is 25.7 Å². The standard InChI is InChI=1S/C15H30O7/c1-18-7-4-2-3-5-15(17)22-14-13-21-12-11-20-10-9-19-8-6-16/h16H,2-14H2,1H3. The Bertz CT molecular complexity index is 236. The molecule has 0 heterocycles. The molecule has 0 aromatic carbocycles. The molecule has 0 amide bonds. The van der Waals surface area contributed by atoms with Gasteiger partial charge in [-0.3, -0.25) is 4.79 Å². The molecule has 1 N–H and O–H groups in total. The molecular weight excluding hydrogens is 292 g/mol. The van der Waals surface area contributed by atoms with E-state index >= 15 is 0 Å². The molecule has 0 bridgehead atoms. The summed E-state index contributed by atoms with van der Waals surface area (Å²) in [4.78, 5) is 11.4. The molecule has 0 aromatic heterocycles. The van der Waals surface area contributed by atoms with Gasteiger partial charge in [-0.05, 0) is 12.8 Å². The van der Waals surface area contributed by atoms with Gasteiger partial charge >= 0.3 is 5.97 Å². The van der Waals surface area contributed by atoms with Gasteiger partial charge in [0.15, 0.2) is 0 Å². The molecule has 0 saturated heterocycles. The van der Waals surface area contributed by atoms with Crippen LogP contribution >= 0.6 is 0 Å². The minimum Gasteiger partial charge on any atom is -0.463 e. The zero-order chi connectivity index (χ0) is 16.3. The lowest BCUT2D eigenvalue weighted by molar-refractivity contribution is -0.145. The molecule has 0 radical (unpaired) electrons. The van der Waals surface area contributed by atoms with Gasteiger partial charge in [0.1, 0.15) is 6.61 Å². The molecule has 0 aliphatic carbocycles. The Morgan fingerprint density at radius 2 is 1.36 bits per heavy atom. The highest BCUT2D eigenvalue weighted by Crippen LogP contribution is 2.01. The Balaban J connectivity index is 3.10. The maximum absolute atomic E-state index is 11.4. The van der Waals surface area contributed by atoms with E-state index in [-0.39, 0.29) is 19.2 Å².